The summed E-state index contributed by atoms with van der Waals surface area (Å²) in [5.41, 5.74) is 1.94. The Morgan fingerprint density at radius 3 is 2.37 bits per heavy atom. The Balaban J connectivity index is 1.48. The minimum atomic E-state index is -3.91. The van der Waals surface area contributed by atoms with Crippen molar-refractivity contribution < 1.29 is 13.2 Å². The number of carbonyl (C=O) groups excluding carboxylic acids is 1. The van der Waals surface area contributed by atoms with Crippen LogP contribution in [-0.2, 0) is 14.8 Å². The van der Waals surface area contributed by atoms with E-state index in [4.69, 9.17) is 0 Å². The molecule has 2 heterocycles. The van der Waals surface area contributed by atoms with Gasteiger partial charge in [-0.1, -0.05) is 30.3 Å². The second kappa shape index (κ2) is 9.85. The summed E-state index contributed by atoms with van der Waals surface area (Å²) < 4.78 is 28.6. The Morgan fingerprint density at radius 1 is 0.971 bits per heavy atom. The second-order valence-electron chi connectivity index (χ2n) is 7.68. The molecule has 0 saturated heterocycles. The number of hydrogen-bond donors (Lipinski definition) is 2. The second-order valence-corrected chi connectivity index (χ2v) is 9.37. The van der Waals surface area contributed by atoms with Gasteiger partial charge in [0.15, 0.2) is 0 Å². The zero-order chi connectivity index (χ0) is 25.0. The summed E-state index contributed by atoms with van der Waals surface area (Å²) in [6.07, 6.45) is 1.45. The molecule has 35 heavy (non-hydrogen) atoms. The molecule has 10 nitrogen and oxygen atoms in total. The fourth-order valence-electron chi connectivity index (χ4n) is 3.22. The van der Waals surface area contributed by atoms with E-state index in [9.17, 15) is 18.0 Å². The van der Waals surface area contributed by atoms with Crippen LogP contribution in [0.4, 0.5) is 11.6 Å². The summed E-state index contributed by atoms with van der Waals surface area (Å²) in [5, 5.41) is 7.03. The Labute approximate surface area is 201 Å². The maximum Gasteiger partial charge on any atom is 0.267 e. The van der Waals surface area contributed by atoms with Gasteiger partial charge in [-0.2, -0.15) is 5.10 Å². The van der Waals surface area contributed by atoms with E-state index < -0.39 is 27.5 Å². The summed E-state index contributed by atoms with van der Waals surface area (Å²) in [6, 6.07) is 18.6. The molecular weight excluding hydrogens is 468 g/mol. The summed E-state index contributed by atoms with van der Waals surface area (Å²) in [5.74, 6) is -0.515. The van der Waals surface area contributed by atoms with Crippen molar-refractivity contribution in [1.82, 2.24) is 19.7 Å². The Hall–Kier alpha value is -4.38. The Morgan fingerprint density at radius 2 is 1.69 bits per heavy atom. The van der Waals surface area contributed by atoms with Gasteiger partial charge < -0.3 is 5.32 Å². The molecule has 0 fully saturated rings. The first-order chi connectivity index (χ1) is 16.7. The van der Waals surface area contributed by atoms with Crippen molar-refractivity contribution >= 4 is 27.6 Å². The molecule has 0 aliphatic heterocycles. The van der Waals surface area contributed by atoms with E-state index in [1.54, 1.807) is 26.0 Å². The third-order valence-corrected chi connectivity index (χ3v) is 6.44. The molecule has 0 radical (unpaired) electrons. The number of amides is 1. The van der Waals surface area contributed by atoms with Gasteiger partial charge in [0.2, 0.25) is 11.9 Å². The molecule has 0 spiro atoms. The first kappa shape index (κ1) is 23.8. The monoisotopic (exact) mass is 490 g/mol. The number of benzene rings is 2. The minimum absolute atomic E-state index is 0.0258. The Bertz CT molecular complexity index is 1520. The van der Waals surface area contributed by atoms with Crippen molar-refractivity contribution in [3.8, 4) is 11.3 Å². The number of aromatic nitrogens is 4. The molecule has 0 saturated carbocycles. The zero-order valence-corrected chi connectivity index (χ0v) is 19.7. The lowest BCUT2D eigenvalue weighted by atomic mass is 10.1. The topological polar surface area (TPSA) is 136 Å². The van der Waals surface area contributed by atoms with E-state index in [1.807, 2.05) is 30.3 Å². The summed E-state index contributed by atoms with van der Waals surface area (Å²) in [4.78, 5) is 33.1. The van der Waals surface area contributed by atoms with Crippen LogP contribution in [0.15, 0.2) is 88.7 Å². The van der Waals surface area contributed by atoms with Crippen LogP contribution in [-0.4, -0.2) is 34.1 Å². The average molecular weight is 491 g/mol. The highest BCUT2D eigenvalue weighted by molar-refractivity contribution is 7.92. The first-order valence-corrected chi connectivity index (χ1v) is 12.1. The van der Waals surface area contributed by atoms with Gasteiger partial charge in [0, 0.05) is 29.2 Å². The van der Waals surface area contributed by atoms with E-state index in [0.29, 0.717) is 17.1 Å². The van der Waals surface area contributed by atoms with E-state index >= 15 is 0 Å². The lowest BCUT2D eigenvalue weighted by Gasteiger charge is -2.15. The third-order valence-electron chi connectivity index (χ3n) is 5.09. The molecule has 1 amide bonds. The molecule has 0 bridgehead atoms. The summed E-state index contributed by atoms with van der Waals surface area (Å²) in [7, 11) is -3.91. The van der Waals surface area contributed by atoms with Gasteiger partial charge in [-0.15, -0.1) is 0 Å². The normalized spacial score (nSPS) is 12.1. The number of aryl methyl sites for hydroxylation is 1. The molecule has 4 rings (SSSR count). The van der Waals surface area contributed by atoms with Crippen LogP contribution in [0.2, 0.25) is 0 Å². The number of anilines is 2. The van der Waals surface area contributed by atoms with E-state index in [0.717, 1.165) is 10.2 Å². The van der Waals surface area contributed by atoms with Crippen LogP contribution in [0.25, 0.3) is 11.3 Å². The number of nitrogens with zero attached hydrogens (tertiary/aromatic N) is 4. The molecule has 2 aromatic carbocycles. The smallest absolute Gasteiger partial charge is 0.267 e. The van der Waals surface area contributed by atoms with Crippen LogP contribution < -0.4 is 15.6 Å². The van der Waals surface area contributed by atoms with Crippen molar-refractivity contribution in [2.24, 2.45) is 0 Å². The fraction of sp³-hybridized carbons (Fsp3) is 0.125. The summed E-state index contributed by atoms with van der Waals surface area (Å²) in [6.45, 7) is 3.28. The molecule has 4 aromatic rings. The molecule has 2 N–H and O–H groups in total. The predicted molar refractivity (Wildman–Crippen MR) is 131 cm³/mol. The number of nitrogens with one attached hydrogen (secondary N) is 2. The number of hydrogen-bond acceptors (Lipinski definition) is 7. The fourth-order valence-corrected chi connectivity index (χ4v) is 4.17. The van der Waals surface area contributed by atoms with Gasteiger partial charge in [-0.3, -0.25) is 9.59 Å². The van der Waals surface area contributed by atoms with E-state index in [1.165, 1.54) is 36.5 Å². The first-order valence-electron chi connectivity index (χ1n) is 10.6. The van der Waals surface area contributed by atoms with Crippen LogP contribution in [0.1, 0.15) is 18.7 Å². The van der Waals surface area contributed by atoms with Gasteiger partial charge in [0.05, 0.1) is 10.6 Å². The van der Waals surface area contributed by atoms with Gasteiger partial charge in [0.25, 0.3) is 15.6 Å². The number of sulfonamides is 1. The highest BCUT2D eigenvalue weighted by atomic mass is 32.2. The standard InChI is InChI=1S/C24H22N6O4S/c1-16-14-15-25-24(26-16)29-35(33,34)20-10-8-19(9-11-20)27-23(32)17(2)30-22(31)13-12-21(28-30)18-6-4-3-5-7-18/h3-15,17H,1-2H3,(H,27,32)(H,25,26,29). The van der Waals surface area contributed by atoms with Gasteiger partial charge >= 0.3 is 0 Å². The van der Waals surface area contributed by atoms with E-state index in [2.05, 4.69) is 25.1 Å². The molecule has 2 aromatic heterocycles. The molecule has 178 valence electrons. The SMILES string of the molecule is Cc1ccnc(NS(=O)(=O)c2ccc(NC(=O)C(C)n3nc(-c4ccccc4)ccc3=O)cc2)n1. The van der Waals surface area contributed by atoms with Gasteiger partial charge in [-0.05, 0) is 50.2 Å². The highest BCUT2D eigenvalue weighted by Gasteiger charge is 2.20. The lowest BCUT2D eigenvalue weighted by molar-refractivity contribution is -0.119. The van der Waals surface area contributed by atoms with Crippen LogP contribution in [0.5, 0.6) is 0 Å². The predicted octanol–water partition coefficient (Wildman–Crippen LogP) is 3.01. The third kappa shape index (κ3) is 5.58. The van der Waals surface area contributed by atoms with Crippen LogP contribution in [0, 0.1) is 6.92 Å². The summed E-state index contributed by atoms with van der Waals surface area (Å²) >= 11 is 0. The average Bonchev–Trinajstić information content (AvgIpc) is 2.84. The Kier molecular flexibility index (Phi) is 6.69. The zero-order valence-electron chi connectivity index (χ0n) is 18.9. The quantitative estimate of drug-likeness (QED) is 0.406. The number of carbonyl (C=O) groups is 1. The van der Waals surface area contributed by atoms with Crippen molar-refractivity contribution in [2.45, 2.75) is 24.8 Å². The van der Waals surface area contributed by atoms with E-state index in [-0.39, 0.29) is 10.8 Å². The maximum absolute atomic E-state index is 12.8. The van der Waals surface area contributed by atoms with Crippen molar-refractivity contribution in [3.63, 3.8) is 0 Å². The van der Waals surface area contributed by atoms with Crippen molar-refractivity contribution in [1.29, 1.82) is 0 Å². The van der Waals surface area contributed by atoms with Gasteiger partial charge in [0.1, 0.15) is 6.04 Å². The lowest BCUT2D eigenvalue weighted by Crippen LogP contribution is -2.33. The molecule has 1 unspecified atom stereocenters. The molecule has 0 aliphatic carbocycles. The largest absolute Gasteiger partial charge is 0.324 e. The van der Waals surface area contributed by atoms with Gasteiger partial charge in [-0.25, -0.2) is 27.8 Å². The van der Waals surface area contributed by atoms with Crippen LogP contribution in [0.3, 0.4) is 0 Å². The number of rotatable bonds is 7. The molecule has 0 aliphatic rings. The molecule has 11 heteroatoms. The molecular formula is C24H22N6O4S. The highest BCUT2D eigenvalue weighted by Crippen LogP contribution is 2.19. The van der Waals surface area contributed by atoms with Crippen molar-refractivity contribution in [2.75, 3.05) is 10.0 Å². The molecule has 1 atom stereocenters. The maximum atomic E-state index is 12.8. The van der Waals surface area contributed by atoms with Crippen LogP contribution >= 0.6 is 0 Å². The van der Waals surface area contributed by atoms with Crippen molar-refractivity contribution in [3.05, 3.63) is 95.0 Å². The minimum Gasteiger partial charge on any atom is -0.324 e.